The standard InChI is InChI=1S/C16H18N2S/c1-10-4-5-13(8-11(10)2)19-14-6-7-15(16(17)18)12(3)9-14/h4-9H,1-3H3,(H3,17,18). The fourth-order valence-electron chi connectivity index (χ4n) is 1.92. The normalized spacial score (nSPS) is 10.5. The highest BCUT2D eigenvalue weighted by molar-refractivity contribution is 7.99. The van der Waals surface area contributed by atoms with Crippen molar-refractivity contribution < 1.29 is 0 Å². The van der Waals surface area contributed by atoms with Crippen LogP contribution in [0.3, 0.4) is 0 Å². The fraction of sp³-hybridized carbons (Fsp3) is 0.188. The predicted molar refractivity (Wildman–Crippen MR) is 82.2 cm³/mol. The Bertz CT molecular complexity index is 633. The van der Waals surface area contributed by atoms with Gasteiger partial charge in [0.25, 0.3) is 0 Å². The van der Waals surface area contributed by atoms with Crippen LogP contribution in [0.1, 0.15) is 22.3 Å². The maximum Gasteiger partial charge on any atom is 0.123 e. The summed E-state index contributed by atoms with van der Waals surface area (Å²) in [6, 6.07) is 12.5. The van der Waals surface area contributed by atoms with E-state index in [0.717, 1.165) is 11.1 Å². The lowest BCUT2D eigenvalue weighted by atomic mass is 10.1. The molecule has 0 saturated heterocycles. The van der Waals surface area contributed by atoms with Crippen LogP contribution >= 0.6 is 11.8 Å². The number of hydrogen-bond donors (Lipinski definition) is 2. The Kier molecular flexibility index (Phi) is 3.96. The highest BCUT2D eigenvalue weighted by Gasteiger charge is 2.04. The Morgan fingerprint density at radius 2 is 1.47 bits per heavy atom. The van der Waals surface area contributed by atoms with Crippen molar-refractivity contribution in [1.82, 2.24) is 0 Å². The summed E-state index contributed by atoms with van der Waals surface area (Å²) in [6.45, 7) is 6.24. The number of nitrogens with one attached hydrogen (secondary N) is 1. The van der Waals surface area contributed by atoms with Crippen LogP contribution < -0.4 is 5.73 Å². The number of rotatable bonds is 3. The monoisotopic (exact) mass is 270 g/mol. The number of hydrogen-bond acceptors (Lipinski definition) is 2. The zero-order valence-corrected chi connectivity index (χ0v) is 12.3. The molecule has 3 heteroatoms. The molecule has 0 aliphatic carbocycles. The average molecular weight is 270 g/mol. The number of nitrogen functional groups attached to an aromatic ring is 1. The van der Waals surface area contributed by atoms with E-state index in [-0.39, 0.29) is 5.84 Å². The Morgan fingerprint density at radius 3 is 2.00 bits per heavy atom. The highest BCUT2D eigenvalue weighted by atomic mass is 32.2. The van der Waals surface area contributed by atoms with Crippen LogP contribution in [0.5, 0.6) is 0 Å². The smallest absolute Gasteiger partial charge is 0.123 e. The van der Waals surface area contributed by atoms with Crippen LogP contribution in [0.2, 0.25) is 0 Å². The molecule has 2 rings (SSSR count). The zero-order chi connectivity index (χ0) is 14.0. The van der Waals surface area contributed by atoms with Crippen LogP contribution in [0, 0.1) is 26.2 Å². The molecule has 0 radical (unpaired) electrons. The van der Waals surface area contributed by atoms with Crippen molar-refractivity contribution in [3.05, 3.63) is 58.7 Å². The van der Waals surface area contributed by atoms with Gasteiger partial charge in [-0.15, -0.1) is 0 Å². The molecule has 2 aromatic carbocycles. The van der Waals surface area contributed by atoms with E-state index in [1.165, 1.54) is 20.9 Å². The molecule has 0 fully saturated rings. The van der Waals surface area contributed by atoms with Crippen molar-refractivity contribution in [3.63, 3.8) is 0 Å². The number of aryl methyl sites for hydroxylation is 3. The molecule has 0 aliphatic heterocycles. The molecule has 2 aromatic rings. The summed E-state index contributed by atoms with van der Waals surface area (Å²) >= 11 is 1.73. The number of benzene rings is 2. The van der Waals surface area contributed by atoms with Crippen molar-refractivity contribution in [3.8, 4) is 0 Å². The Labute approximate surface area is 118 Å². The summed E-state index contributed by atoms with van der Waals surface area (Å²) in [6.07, 6.45) is 0. The molecule has 98 valence electrons. The van der Waals surface area contributed by atoms with Gasteiger partial charge in [0.15, 0.2) is 0 Å². The van der Waals surface area contributed by atoms with Crippen molar-refractivity contribution in [2.45, 2.75) is 30.6 Å². The second-order valence-electron chi connectivity index (χ2n) is 4.74. The van der Waals surface area contributed by atoms with E-state index >= 15 is 0 Å². The average Bonchev–Trinajstić information content (AvgIpc) is 2.33. The summed E-state index contributed by atoms with van der Waals surface area (Å²) < 4.78 is 0. The third-order valence-corrected chi connectivity index (χ3v) is 4.18. The minimum absolute atomic E-state index is 0.125. The first-order valence-electron chi connectivity index (χ1n) is 6.17. The van der Waals surface area contributed by atoms with Gasteiger partial charge in [0.1, 0.15) is 5.84 Å². The summed E-state index contributed by atoms with van der Waals surface area (Å²) in [5.41, 5.74) is 10.0. The minimum Gasteiger partial charge on any atom is -0.384 e. The zero-order valence-electron chi connectivity index (χ0n) is 11.4. The van der Waals surface area contributed by atoms with E-state index in [1.807, 2.05) is 19.1 Å². The third-order valence-electron chi connectivity index (χ3n) is 3.20. The summed E-state index contributed by atoms with van der Waals surface area (Å²) in [7, 11) is 0. The lowest BCUT2D eigenvalue weighted by Crippen LogP contribution is -2.12. The summed E-state index contributed by atoms with van der Waals surface area (Å²) in [5.74, 6) is 0.125. The van der Waals surface area contributed by atoms with Crippen molar-refractivity contribution in [2.75, 3.05) is 0 Å². The highest BCUT2D eigenvalue weighted by Crippen LogP contribution is 2.30. The Balaban J connectivity index is 2.26. The molecule has 3 N–H and O–H groups in total. The SMILES string of the molecule is Cc1ccc(Sc2ccc(C(=N)N)c(C)c2)cc1C. The predicted octanol–water partition coefficient (Wildman–Crippen LogP) is 4.05. The molecule has 0 bridgehead atoms. The van der Waals surface area contributed by atoms with E-state index in [0.29, 0.717) is 0 Å². The van der Waals surface area contributed by atoms with Gasteiger partial charge in [-0.25, -0.2) is 0 Å². The van der Waals surface area contributed by atoms with Gasteiger partial charge in [-0.3, -0.25) is 5.41 Å². The van der Waals surface area contributed by atoms with E-state index in [9.17, 15) is 0 Å². The molecule has 0 aliphatic rings. The van der Waals surface area contributed by atoms with Crippen LogP contribution in [-0.4, -0.2) is 5.84 Å². The lowest BCUT2D eigenvalue weighted by molar-refractivity contribution is 1.27. The van der Waals surface area contributed by atoms with Gasteiger partial charge < -0.3 is 5.73 Å². The lowest BCUT2D eigenvalue weighted by Gasteiger charge is -2.08. The second-order valence-corrected chi connectivity index (χ2v) is 5.89. The van der Waals surface area contributed by atoms with Gasteiger partial charge in [0.2, 0.25) is 0 Å². The molecule has 0 heterocycles. The van der Waals surface area contributed by atoms with Crippen LogP contribution in [0.15, 0.2) is 46.2 Å². The van der Waals surface area contributed by atoms with E-state index in [4.69, 9.17) is 11.1 Å². The molecule has 0 atom stereocenters. The molecule has 2 nitrogen and oxygen atoms in total. The number of nitrogens with two attached hydrogens (primary N) is 1. The van der Waals surface area contributed by atoms with Crippen LogP contribution in [-0.2, 0) is 0 Å². The maximum absolute atomic E-state index is 7.49. The van der Waals surface area contributed by atoms with Gasteiger partial charge in [-0.05, 0) is 67.8 Å². The van der Waals surface area contributed by atoms with Crippen LogP contribution in [0.4, 0.5) is 0 Å². The second kappa shape index (κ2) is 5.49. The minimum atomic E-state index is 0.125. The first kappa shape index (κ1) is 13.7. The third kappa shape index (κ3) is 3.18. The molecular formula is C16H18N2S. The van der Waals surface area contributed by atoms with Gasteiger partial charge >= 0.3 is 0 Å². The largest absolute Gasteiger partial charge is 0.384 e. The molecule has 0 aromatic heterocycles. The van der Waals surface area contributed by atoms with Gasteiger partial charge in [-0.1, -0.05) is 17.8 Å². The first-order chi connectivity index (χ1) is 8.97. The quantitative estimate of drug-likeness (QED) is 0.653. The topological polar surface area (TPSA) is 49.9 Å². The molecule has 0 unspecified atom stereocenters. The Morgan fingerprint density at radius 1 is 0.895 bits per heavy atom. The number of amidine groups is 1. The van der Waals surface area contributed by atoms with E-state index in [1.54, 1.807) is 11.8 Å². The summed E-state index contributed by atoms with van der Waals surface area (Å²) in [5, 5.41) is 7.49. The molecular weight excluding hydrogens is 252 g/mol. The van der Waals surface area contributed by atoms with Gasteiger partial charge in [0.05, 0.1) is 0 Å². The van der Waals surface area contributed by atoms with E-state index in [2.05, 4.69) is 38.1 Å². The van der Waals surface area contributed by atoms with Crippen LogP contribution in [0.25, 0.3) is 0 Å². The first-order valence-corrected chi connectivity index (χ1v) is 6.99. The Hall–Kier alpha value is -1.74. The molecule has 19 heavy (non-hydrogen) atoms. The van der Waals surface area contributed by atoms with Gasteiger partial charge in [0, 0.05) is 15.4 Å². The fourth-order valence-corrected chi connectivity index (χ4v) is 2.93. The van der Waals surface area contributed by atoms with Crippen molar-refractivity contribution >= 4 is 17.6 Å². The van der Waals surface area contributed by atoms with Crippen molar-refractivity contribution in [1.29, 1.82) is 5.41 Å². The molecule has 0 amide bonds. The van der Waals surface area contributed by atoms with E-state index < -0.39 is 0 Å². The molecule has 0 saturated carbocycles. The molecule has 0 spiro atoms. The maximum atomic E-state index is 7.49. The van der Waals surface area contributed by atoms with Gasteiger partial charge in [-0.2, -0.15) is 0 Å². The summed E-state index contributed by atoms with van der Waals surface area (Å²) in [4.78, 5) is 2.41. The van der Waals surface area contributed by atoms with Crippen molar-refractivity contribution in [2.24, 2.45) is 5.73 Å².